The summed E-state index contributed by atoms with van der Waals surface area (Å²) in [5.41, 5.74) is 3.88. The second kappa shape index (κ2) is 9.77. The zero-order chi connectivity index (χ0) is 21.5. The van der Waals surface area contributed by atoms with Crippen LogP contribution in [0.2, 0.25) is 0 Å². The molecule has 0 bridgehead atoms. The number of para-hydroxylation sites is 3. The molecule has 158 valence electrons. The Morgan fingerprint density at radius 2 is 1.26 bits per heavy atom. The SMILES string of the molecule is O=C(Nc1ccc(Nc2ccccc2)cc1)C(=O)Nc1ccccc1N1CCOCC1. The minimum Gasteiger partial charge on any atom is -0.378 e. The topological polar surface area (TPSA) is 82.7 Å². The highest BCUT2D eigenvalue weighted by molar-refractivity contribution is 6.43. The fourth-order valence-electron chi connectivity index (χ4n) is 3.35. The maximum atomic E-state index is 12.5. The van der Waals surface area contributed by atoms with Gasteiger partial charge in [0.15, 0.2) is 0 Å². The number of amides is 2. The molecule has 7 nitrogen and oxygen atoms in total. The molecule has 1 saturated heterocycles. The van der Waals surface area contributed by atoms with Gasteiger partial charge in [-0.05, 0) is 48.5 Å². The second-order valence-electron chi connectivity index (χ2n) is 7.09. The first-order chi connectivity index (χ1) is 15.2. The summed E-state index contributed by atoms with van der Waals surface area (Å²) in [6.45, 7) is 2.75. The third-order valence-electron chi connectivity index (χ3n) is 4.92. The summed E-state index contributed by atoms with van der Waals surface area (Å²) in [6.07, 6.45) is 0. The maximum absolute atomic E-state index is 12.5. The summed E-state index contributed by atoms with van der Waals surface area (Å²) < 4.78 is 5.39. The molecule has 31 heavy (non-hydrogen) atoms. The van der Waals surface area contributed by atoms with Crippen molar-refractivity contribution in [2.45, 2.75) is 0 Å². The van der Waals surface area contributed by atoms with Crippen LogP contribution < -0.4 is 20.9 Å². The van der Waals surface area contributed by atoms with Crippen LogP contribution in [0.15, 0.2) is 78.9 Å². The van der Waals surface area contributed by atoms with Crippen LogP contribution in [0.5, 0.6) is 0 Å². The lowest BCUT2D eigenvalue weighted by molar-refractivity contribution is -0.132. The molecule has 0 unspecified atom stereocenters. The number of rotatable bonds is 5. The summed E-state index contributed by atoms with van der Waals surface area (Å²) in [7, 11) is 0. The molecule has 0 spiro atoms. The van der Waals surface area contributed by atoms with Crippen LogP contribution in [0.4, 0.5) is 28.4 Å². The molecule has 0 aliphatic carbocycles. The number of benzene rings is 3. The van der Waals surface area contributed by atoms with Crippen LogP contribution in [0, 0.1) is 0 Å². The van der Waals surface area contributed by atoms with Crippen molar-refractivity contribution < 1.29 is 14.3 Å². The minimum atomic E-state index is -0.722. The average Bonchev–Trinajstić information content (AvgIpc) is 2.82. The Bertz CT molecular complexity index is 1030. The Morgan fingerprint density at radius 3 is 2.00 bits per heavy atom. The van der Waals surface area contributed by atoms with Gasteiger partial charge in [0.1, 0.15) is 0 Å². The molecule has 7 heteroatoms. The smallest absolute Gasteiger partial charge is 0.314 e. The number of nitrogens with one attached hydrogen (secondary N) is 3. The first-order valence-electron chi connectivity index (χ1n) is 10.2. The van der Waals surface area contributed by atoms with E-state index in [2.05, 4.69) is 20.9 Å². The highest BCUT2D eigenvalue weighted by Gasteiger charge is 2.19. The molecule has 1 aliphatic rings. The predicted molar refractivity (Wildman–Crippen MR) is 123 cm³/mol. The Kier molecular flexibility index (Phi) is 6.44. The van der Waals surface area contributed by atoms with Crippen LogP contribution in [-0.2, 0) is 14.3 Å². The van der Waals surface area contributed by atoms with Gasteiger partial charge in [-0.25, -0.2) is 0 Å². The molecular weight excluding hydrogens is 392 g/mol. The highest BCUT2D eigenvalue weighted by Crippen LogP contribution is 2.26. The number of hydrogen-bond acceptors (Lipinski definition) is 5. The van der Waals surface area contributed by atoms with Crippen LogP contribution in [0.3, 0.4) is 0 Å². The van der Waals surface area contributed by atoms with Crippen molar-refractivity contribution >= 4 is 40.3 Å². The number of hydrogen-bond donors (Lipinski definition) is 3. The van der Waals surface area contributed by atoms with Gasteiger partial charge in [-0.2, -0.15) is 0 Å². The fraction of sp³-hybridized carbons (Fsp3) is 0.167. The van der Waals surface area contributed by atoms with Crippen LogP contribution in [-0.4, -0.2) is 38.1 Å². The van der Waals surface area contributed by atoms with Gasteiger partial charge in [-0.15, -0.1) is 0 Å². The molecule has 0 aromatic heterocycles. The van der Waals surface area contributed by atoms with Crippen molar-refractivity contribution in [1.82, 2.24) is 0 Å². The van der Waals surface area contributed by atoms with Crippen molar-refractivity contribution in [2.24, 2.45) is 0 Å². The monoisotopic (exact) mass is 416 g/mol. The van der Waals surface area contributed by atoms with E-state index in [1.807, 2.05) is 60.7 Å². The number of anilines is 5. The lowest BCUT2D eigenvalue weighted by atomic mass is 10.2. The van der Waals surface area contributed by atoms with Crippen molar-refractivity contribution in [3.8, 4) is 0 Å². The molecule has 0 atom stereocenters. The number of ether oxygens (including phenoxy) is 1. The molecule has 3 aromatic carbocycles. The third-order valence-corrected chi connectivity index (χ3v) is 4.92. The molecule has 0 saturated carbocycles. The van der Waals surface area contributed by atoms with Gasteiger partial charge in [0.25, 0.3) is 0 Å². The van der Waals surface area contributed by atoms with E-state index in [0.29, 0.717) is 24.6 Å². The first kappa shape index (κ1) is 20.4. The van der Waals surface area contributed by atoms with Gasteiger partial charge in [-0.3, -0.25) is 9.59 Å². The van der Waals surface area contributed by atoms with Gasteiger partial charge in [-0.1, -0.05) is 30.3 Å². The van der Waals surface area contributed by atoms with Crippen molar-refractivity contribution in [2.75, 3.05) is 47.2 Å². The summed E-state index contributed by atoms with van der Waals surface area (Å²) in [5.74, 6) is -1.44. The first-order valence-corrected chi connectivity index (χ1v) is 10.2. The zero-order valence-electron chi connectivity index (χ0n) is 17.0. The van der Waals surface area contributed by atoms with Crippen LogP contribution in [0.25, 0.3) is 0 Å². The van der Waals surface area contributed by atoms with Gasteiger partial charge in [0.2, 0.25) is 0 Å². The molecule has 1 fully saturated rings. The number of morpholine rings is 1. The summed E-state index contributed by atoms with van der Waals surface area (Å²) >= 11 is 0. The van der Waals surface area contributed by atoms with Gasteiger partial charge in [0, 0.05) is 30.2 Å². The minimum absolute atomic E-state index is 0.542. The second-order valence-corrected chi connectivity index (χ2v) is 7.09. The van der Waals surface area contributed by atoms with Crippen LogP contribution >= 0.6 is 0 Å². The molecule has 3 aromatic rings. The van der Waals surface area contributed by atoms with E-state index in [-0.39, 0.29) is 0 Å². The maximum Gasteiger partial charge on any atom is 0.314 e. The molecule has 1 heterocycles. The number of nitrogens with zero attached hydrogens (tertiary/aromatic N) is 1. The van der Waals surface area contributed by atoms with Crippen molar-refractivity contribution in [1.29, 1.82) is 0 Å². The van der Waals surface area contributed by atoms with Gasteiger partial charge < -0.3 is 25.6 Å². The van der Waals surface area contributed by atoms with E-state index in [4.69, 9.17) is 4.74 Å². The Morgan fingerprint density at radius 1 is 0.677 bits per heavy atom. The zero-order valence-corrected chi connectivity index (χ0v) is 17.0. The largest absolute Gasteiger partial charge is 0.378 e. The Labute approximate surface area is 181 Å². The van der Waals surface area contributed by atoms with Gasteiger partial charge >= 0.3 is 11.8 Å². The van der Waals surface area contributed by atoms with Crippen molar-refractivity contribution in [3.63, 3.8) is 0 Å². The van der Waals surface area contributed by atoms with E-state index in [1.54, 1.807) is 18.2 Å². The Hall–Kier alpha value is -3.84. The molecule has 0 radical (unpaired) electrons. The standard InChI is InChI=1S/C24H24N4O3/c29-23(26-20-12-10-19(11-13-20)25-18-6-2-1-3-7-18)24(30)27-21-8-4-5-9-22(21)28-14-16-31-17-15-28/h1-13,25H,14-17H2,(H,26,29)(H,27,30). The lowest BCUT2D eigenvalue weighted by Crippen LogP contribution is -2.37. The molecule has 1 aliphatic heterocycles. The predicted octanol–water partition coefficient (Wildman–Crippen LogP) is 3.84. The molecule has 2 amide bonds. The molecule has 3 N–H and O–H groups in total. The van der Waals surface area contributed by atoms with Crippen LogP contribution in [0.1, 0.15) is 0 Å². The molecular formula is C24H24N4O3. The highest BCUT2D eigenvalue weighted by atomic mass is 16.5. The lowest BCUT2D eigenvalue weighted by Gasteiger charge is -2.30. The van der Waals surface area contributed by atoms with Gasteiger partial charge in [0.05, 0.1) is 24.6 Å². The number of carbonyl (C=O) groups excluding carboxylic acids is 2. The Balaban J connectivity index is 1.36. The summed E-state index contributed by atoms with van der Waals surface area (Å²) in [6, 6.07) is 24.4. The van der Waals surface area contributed by atoms with E-state index in [1.165, 1.54) is 0 Å². The molecule has 4 rings (SSSR count). The average molecular weight is 416 g/mol. The quantitative estimate of drug-likeness (QED) is 0.551. The van der Waals surface area contributed by atoms with Crippen molar-refractivity contribution in [3.05, 3.63) is 78.9 Å². The fourth-order valence-corrected chi connectivity index (χ4v) is 3.35. The van der Waals surface area contributed by atoms with E-state index < -0.39 is 11.8 Å². The normalized spacial score (nSPS) is 13.4. The summed E-state index contributed by atoms with van der Waals surface area (Å²) in [5, 5.41) is 8.64. The van der Waals surface area contributed by atoms with E-state index in [9.17, 15) is 9.59 Å². The number of carbonyl (C=O) groups is 2. The third kappa shape index (κ3) is 5.40. The van der Waals surface area contributed by atoms with E-state index in [0.717, 1.165) is 30.2 Å². The summed E-state index contributed by atoms with van der Waals surface area (Å²) in [4.78, 5) is 27.0. The van der Waals surface area contributed by atoms with E-state index >= 15 is 0 Å².